The number of amides is 1. The van der Waals surface area contributed by atoms with Crippen LogP contribution in [0.1, 0.15) is 16.1 Å². The first-order valence-electron chi connectivity index (χ1n) is 7.62. The van der Waals surface area contributed by atoms with Crippen molar-refractivity contribution in [2.75, 3.05) is 5.32 Å². The highest BCUT2D eigenvalue weighted by molar-refractivity contribution is 6.04. The third kappa shape index (κ3) is 2.44. The van der Waals surface area contributed by atoms with E-state index in [1.54, 1.807) is 35.1 Å². The smallest absolute Gasteiger partial charge is 0.270 e. The Labute approximate surface area is 141 Å². The van der Waals surface area contributed by atoms with Crippen molar-refractivity contribution in [3.05, 3.63) is 64.5 Å². The van der Waals surface area contributed by atoms with Gasteiger partial charge in [-0.3, -0.25) is 18.7 Å². The van der Waals surface area contributed by atoms with Crippen LogP contribution < -0.4 is 10.9 Å². The number of aromatic nitrogens is 5. The first kappa shape index (κ1) is 15.0. The fourth-order valence-electron chi connectivity index (χ4n) is 2.76. The molecule has 1 amide bonds. The van der Waals surface area contributed by atoms with E-state index in [0.717, 1.165) is 16.7 Å². The second-order valence-electron chi connectivity index (χ2n) is 5.66. The Morgan fingerprint density at radius 1 is 1.20 bits per heavy atom. The molecular formula is C17H14N6O2. The summed E-state index contributed by atoms with van der Waals surface area (Å²) in [5, 5.41) is 7.84. The summed E-state index contributed by atoms with van der Waals surface area (Å²) in [6, 6.07) is 6.97. The second-order valence-corrected chi connectivity index (χ2v) is 5.66. The third-order valence-electron chi connectivity index (χ3n) is 3.98. The average molecular weight is 334 g/mol. The number of hydrogen-bond donors (Lipinski definition) is 1. The molecule has 1 N–H and O–H groups in total. The van der Waals surface area contributed by atoms with E-state index in [1.165, 1.54) is 16.8 Å². The van der Waals surface area contributed by atoms with Gasteiger partial charge in [-0.2, -0.15) is 5.10 Å². The van der Waals surface area contributed by atoms with Crippen molar-refractivity contribution in [3.63, 3.8) is 0 Å². The van der Waals surface area contributed by atoms with Gasteiger partial charge in [-0.1, -0.05) is 6.07 Å². The summed E-state index contributed by atoms with van der Waals surface area (Å²) in [5.41, 5.74) is 2.06. The van der Waals surface area contributed by atoms with E-state index in [1.807, 2.05) is 14.0 Å². The van der Waals surface area contributed by atoms with Crippen molar-refractivity contribution in [1.29, 1.82) is 0 Å². The molecule has 0 aliphatic rings. The number of carbonyl (C=O) groups excluding carboxylic acids is 1. The van der Waals surface area contributed by atoms with Crippen molar-refractivity contribution in [2.45, 2.75) is 6.92 Å². The highest BCUT2D eigenvalue weighted by atomic mass is 16.2. The maximum Gasteiger partial charge on any atom is 0.270 e. The molecule has 4 rings (SSSR count). The van der Waals surface area contributed by atoms with Crippen molar-refractivity contribution < 1.29 is 4.79 Å². The van der Waals surface area contributed by atoms with Gasteiger partial charge in [0, 0.05) is 24.8 Å². The largest absolute Gasteiger partial charge is 0.320 e. The van der Waals surface area contributed by atoms with E-state index in [4.69, 9.17) is 0 Å². The molecule has 8 nitrogen and oxygen atoms in total. The fraction of sp³-hybridized carbons (Fsp3) is 0.118. The van der Waals surface area contributed by atoms with Crippen LogP contribution in [0.4, 0.5) is 5.69 Å². The minimum Gasteiger partial charge on any atom is -0.320 e. The zero-order valence-corrected chi connectivity index (χ0v) is 13.6. The van der Waals surface area contributed by atoms with Gasteiger partial charge in [0.25, 0.3) is 11.5 Å². The first-order chi connectivity index (χ1) is 12.0. The zero-order valence-electron chi connectivity index (χ0n) is 13.6. The van der Waals surface area contributed by atoms with E-state index in [-0.39, 0.29) is 5.56 Å². The standard InChI is InChI=1S/C17H14N6O2/c1-10-12-7-11(8-19-15(12)22(2)21-10)20-16(24)13-9-18-14-5-3-4-6-23(14)17(13)25/h3-9H,1-2H3,(H,20,24). The fourth-order valence-corrected chi connectivity index (χ4v) is 2.76. The van der Waals surface area contributed by atoms with Gasteiger partial charge in [-0.15, -0.1) is 0 Å². The topological polar surface area (TPSA) is 94.2 Å². The van der Waals surface area contributed by atoms with Crippen molar-refractivity contribution in [3.8, 4) is 0 Å². The number of hydrogen-bond acceptors (Lipinski definition) is 5. The molecule has 4 aromatic rings. The van der Waals surface area contributed by atoms with Gasteiger partial charge in [0.15, 0.2) is 5.65 Å². The molecule has 0 radical (unpaired) electrons. The second kappa shape index (κ2) is 5.52. The number of aryl methyl sites for hydroxylation is 2. The molecule has 0 aliphatic heterocycles. The normalized spacial score (nSPS) is 11.1. The summed E-state index contributed by atoms with van der Waals surface area (Å²) in [5.74, 6) is -0.529. The monoisotopic (exact) mass is 334 g/mol. The molecule has 0 unspecified atom stereocenters. The van der Waals surface area contributed by atoms with Gasteiger partial charge >= 0.3 is 0 Å². The molecule has 0 bridgehead atoms. The van der Waals surface area contributed by atoms with Crippen molar-refractivity contribution in [1.82, 2.24) is 24.1 Å². The Morgan fingerprint density at radius 2 is 2.04 bits per heavy atom. The average Bonchev–Trinajstić information content (AvgIpc) is 2.89. The van der Waals surface area contributed by atoms with E-state index in [2.05, 4.69) is 20.4 Å². The van der Waals surface area contributed by atoms with Crippen LogP contribution >= 0.6 is 0 Å². The molecule has 0 saturated heterocycles. The molecule has 0 atom stereocenters. The highest BCUT2D eigenvalue weighted by Gasteiger charge is 2.15. The molecule has 8 heteroatoms. The molecule has 4 heterocycles. The van der Waals surface area contributed by atoms with Crippen LogP contribution in [0, 0.1) is 6.92 Å². The number of anilines is 1. The Kier molecular flexibility index (Phi) is 3.31. The number of carbonyl (C=O) groups is 1. The molecule has 0 spiro atoms. The van der Waals surface area contributed by atoms with Crippen LogP contribution in [0.15, 0.2) is 47.7 Å². The molecule has 25 heavy (non-hydrogen) atoms. The lowest BCUT2D eigenvalue weighted by atomic mass is 10.2. The Morgan fingerprint density at radius 3 is 2.88 bits per heavy atom. The quantitative estimate of drug-likeness (QED) is 0.600. The van der Waals surface area contributed by atoms with Gasteiger partial charge in [0.1, 0.15) is 11.2 Å². The SMILES string of the molecule is Cc1nn(C)c2ncc(NC(=O)c3cnc4ccccn4c3=O)cc12. The molecule has 0 aromatic carbocycles. The van der Waals surface area contributed by atoms with E-state index in [0.29, 0.717) is 11.3 Å². The number of rotatable bonds is 2. The number of fused-ring (bicyclic) bond motifs is 2. The molecule has 0 saturated carbocycles. The molecular weight excluding hydrogens is 320 g/mol. The lowest BCUT2D eigenvalue weighted by molar-refractivity contribution is 0.102. The molecule has 0 aliphatic carbocycles. The van der Waals surface area contributed by atoms with Gasteiger partial charge in [-0.05, 0) is 25.1 Å². The summed E-state index contributed by atoms with van der Waals surface area (Å²) in [6.07, 6.45) is 4.40. The van der Waals surface area contributed by atoms with Crippen molar-refractivity contribution in [2.24, 2.45) is 7.05 Å². The summed E-state index contributed by atoms with van der Waals surface area (Å²) in [6.45, 7) is 1.87. The Bertz CT molecular complexity index is 1190. The summed E-state index contributed by atoms with van der Waals surface area (Å²) in [4.78, 5) is 33.4. The van der Waals surface area contributed by atoms with Crippen LogP contribution in [0.25, 0.3) is 16.7 Å². The highest BCUT2D eigenvalue weighted by Crippen LogP contribution is 2.19. The van der Waals surface area contributed by atoms with Crippen LogP contribution in [0.3, 0.4) is 0 Å². The van der Waals surface area contributed by atoms with Crippen LogP contribution in [-0.4, -0.2) is 30.1 Å². The minimum absolute atomic E-state index is 0.0355. The predicted molar refractivity (Wildman–Crippen MR) is 92.7 cm³/mol. The lowest BCUT2D eigenvalue weighted by Crippen LogP contribution is -2.26. The number of pyridine rings is 2. The molecule has 124 valence electrons. The van der Waals surface area contributed by atoms with Crippen molar-refractivity contribution >= 4 is 28.3 Å². The maximum atomic E-state index is 12.5. The van der Waals surface area contributed by atoms with Gasteiger partial charge in [0.2, 0.25) is 0 Å². The van der Waals surface area contributed by atoms with Gasteiger partial charge < -0.3 is 5.32 Å². The zero-order chi connectivity index (χ0) is 17.6. The molecule has 4 aromatic heterocycles. The van der Waals surface area contributed by atoms with E-state index in [9.17, 15) is 9.59 Å². The number of nitrogens with zero attached hydrogens (tertiary/aromatic N) is 5. The van der Waals surface area contributed by atoms with E-state index < -0.39 is 11.5 Å². The van der Waals surface area contributed by atoms with Gasteiger partial charge in [0.05, 0.1) is 17.6 Å². The van der Waals surface area contributed by atoms with Crippen LogP contribution in [0.2, 0.25) is 0 Å². The third-order valence-corrected chi connectivity index (χ3v) is 3.98. The van der Waals surface area contributed by atoms with E-state index >= 15 is 0 Å². The van der Waals surface area contributed by atoms with Gasteiger partial charge in [-0.25, -0.2) is 9.97 Å². The Hall–Kier alpha value is -3.55. The summed E-state index contributed by atoms with van der Waals surface area (Å²) >= 11 is 0. The van der Waals surface area contributed by atoms with Crippen LogP contribution in [-0.2, 0) is 7.05 Å². The molecule has 0 fully saturated rings. The predicted octanol–water partition coefficient (Wildman–Crippen LogP) is 1.54. The lowest BCUT2D eigenvalue weighted by Gasteiger charge is -2.06. The minimum atomic E-state index is -0.529. The Balaban J connectivity index is 1.72. The van der Waals surface area contributed by atoms with Crippen LogP contribution in [0.5, 0.6) is 0 Å². The summed E-state index contributed by atoms with van der Waals surface area (Å²) < 4.78 is 3.01. The number of nitrogens with one attached hydrogen (secondary N) is 1. The maximum absolute atomic E-state index is 12.5. The summed E-state index contributed by atoms with van der Waals surface area (Å²) in [7, 11) is 1.81. The first-order valence-corrected chi connectivity index (χ1v) is 7.62.